The second-order valence-electron chi connectivity index (χ2n) is 4.87. The Morgan fingerprint density at radius 3 is 2.30 bits per heavy atom. The quantitative estimate of drug-likeness (QED) is 0.491. The van der Waals surface area contributed by atoms with E-state index in [1.54, 1.807) is 4.90 Å². The molecule has 0 bridgehead atoms. The zero-order chi connectivity index (χ0) is 17.0. The van der Waals surface area contributed by atoms with Gasteiger partial charge in [-0.25, -0.2) is 0 Å². The maximum absolute atomic E-state index is 12.3. The minimum Gasteiger partial charge on any atom is -0.379 e. The first-order chi connectivity index (χ1) is 10.8. The summed E-state index contributed by atoms with van der Waals surface area (Å²) < 4.78 is 3.51. The molecule has 2 rings (SSSR count). The Kier molecular flexibility index (Phi) is 6.05. The van der Waals surface area contributed by atoms with E-state index < -0.39 is 20.8 Å². The smallest absolute Gasteiger partial charge is 0.269 e. The lowest BCUT2D eigenvalue weighted by molar-refractivity contribution is -0.384. The van der Waals surface area contributed by atoms with Crippen molar-refractivity contribution in [1.29, 1.82) is 0 Å². The Morgan fingerprint density at radius 2 is 1.83 bits per heavy atom. The highest BCUT2D eigenvalue weighted by Crippen LogP contribution is 2.32. The van der Waals surface area contributed by atoms with Crippen LogP contribution in [0.15, 0.2) is 24.3 Å². The fourth-order valence-electron chi connectivity index (χ4n) is 2.16. The van der Waals surface area contributed by atoms with Crippen LogP contribution in [0.25, 0.3) is 0 Å². The van der Waals surface area contributed by atoms with Gasteiger partial charge in [0.1, 0.15) is 6.17 Å². The lowest BCUT2D eigenvalue weighted by Crippen LogP contribution is -2.58. The van der Waals surface area contributed by atoms with Crippen molar-refractivity contribution in [1.82, 2.24) is 10.2 Å². The Balaban J connectivity index is 2.11. The number of hydrogen-bond acceptors (Lipinski definition) is 5. The zero-order valence-corrected chi connectivity index (χ0v) is 14.1. The van der Waals surface area contributed by atoms with Crippen LogP contribution < -0.4 is 5.32 Å². The van der Waals surface area contributed by atoms with Crippen LogP contribution in [0.5, 0.6) is 0 Å². The van der Waals surface area contributed by atoms with E-state index in [1.807, 2.05) is 0 Å². The van der Waals surface area contributed by atoms with E-state index >= 15 is 0 Å². The van der Waals surface area contributed by atoms with E-state index in [4.69, 9.17) is 39.5 Å². The van der Waals surface area contributed by atoms with Crippen LogP contribution in [0.2, 0.25) is 0 Å². The van der Waals surface area contributed by atoms with E-state index in [0.717, 1.165) is 0 Å². The number of non-ortho nitro benzene ring substituents is 1. The predicted octanol–water partition coefficient (Wildman–Crippen LogP) is 2.35. The molecule has 1 aromatic rings. The molecule has 1 aliphatic rings. The lowest BCUT2D eigenvalue weighted by Gasteiger charge is -2.38. The number of benzene rings is 1. The largest absolute Gasteiger partial charge is 0.379 e. The fraction of sp³-hybridized carbons (Fsp3) is 0.462. The van der Waals surface area contributed by atoms with Crippen LogP contribution >= 0.6 is 34.8 Å². The number of hydrogen-bond donors (Lipinski definition) is 1. The molecule has 7 nitrogen and oxygen atoms in total. The molecule has 0 saturated carbocycles. The molecule has 0 spiro atoms. The number of rotatable bonds is 4. The molecule has 1 aliphatic heterocycles. The summed E-state index contributed by atoms with van der Waals surface area (Å²) in [6, 6.07) is 5.19. The molecule has 1 saturated heterocycles. The van der Waals surface area contributed by atoms with Crippen molar-refractivity contribution < 1.29 is 14.5 Å². The van der Waals surface area contributed by atoms with E-state index in [-0.39, 0.29) is 11.3 Å². The summed E-state index contributed by atoms with van der Waals surface area (Å²) >= 11 is 17.9. The maximum atomic E-state index is 12.3. The number of nitro benzene ring substituents is 1. The minimum atomic E-state index is -1.73. The summed E-state index contributed by atoms with van der Waals surface area (Å²) in [6.07, 6.45) is -0.834. The van der Waals surface area contributed by atoms with E-state index in [1.165, 1.54) is 24.3 Å². The number of carbonyl (C=O) groups is 1. The maximum Gasteiger partial charge on any atom is 0.269 e. The van der Waals surface area contributed by atoms with Gasteiger partial charge in [-0.15, -0.1) is 0 Å². The Morgan fingerprint density at radius 1 is 1.26 bits per heavy atom. The van der Waals surface area contributed by atoms with E-state index in [0.29, 0.717) is 26.3 Å². The lowest BCUT2D eigenvalue weighted by atomic mass is 10.2. The summed E-state index contributed by atoms with van der Waals surface area (Å²) in [6.45, 7) is 1.98. The summed E-state index contributed by atoms with van der Waals surface area (Å²) in [5.74, 6) is -0.484. The van der Waals surface area contributed by atoms with Crippen molar-refractivity contribution in [2.45, 2.75) is 9.96 Å². The van der Waals surface area contributed by atoms with Crippen molar-refractivity contribution in [3.63, 3.8) is 0 Å². The Labute approximate surface area is 147 Å². The van der Waals surface area contributed by atoms with Gasteiger partial charge in [0.25, 0.3) is 11.6 Å². The normalized spacial score (nSPS) is 17.5. The molecule has 0 aromatic heterocycles. The van der Waals surface area contributed by atoms with Crippen molar-refractivity contribution in [3.8, 4) is 0 Å². The van der Waals surface area contributed by atoms with Gasteiger partial charge < -0.3 is 10.1 Å². The summed E-state index contributed by atoms with van der Waals surface area (Å²) in [7, 11) is 0. The SMILES string of the molecule is O=C(N[C@@H](N1CCOCC1)C(Cl)(Cl)Cl)c1ccc([N+](=O)[O-])cc1. The van der Waals surface area contributed by atoms with E-state index in [9.17, 15) is 14.9 Å². The summed E-state index contributed by atoms with van der Waals surface area (Å²) in [5, 5.41) is 13.3. The van der Waals surface area contributed by atoms with Gasteiger partial charge in [0.2, 0.25) is 3.79 Å². The third-order valence-corrected chi connectivity index (χ3v) is 3.95. The highest BCUT2D eigenvalue weighted by molar-refractivity contribution is 6.68. The van der Waals surface area contributed by atoms with Gasteiger partial charge in [-0.2, -0.15) is 0 Å². The van der Waals surface area contributed by atoms with Crippen LogP contribution in [-0.4, -0.2) is 52.0 Å². The van der Waals surface area contributed by atoms with Crippen LogP contribution in [0.4, 0.5) is 5.69 Å². The molecule has 0 unspecified atom stereocenters. The zero-order valence-electron chi connectivity index (χ0n) is 11.9. The second-order valence-corrected chi connectivity index (χ2v) is 7.24. The number of ether oxygens (including phenoxy) is 1. The molecule has 1 N–H and O–H groups in total. The molecule has 1 fully saturated rings. The summed E-state index contributed by atoms with van der Waals surface area (Å²) in [4.78, 5) is 24.2. The molecule has 10 heteroatoms. The molecule has 1 amide bonds. The van der Waals surface area contributed by atoms with Crippen LogP contribution in [0.1, 0.15) is 10.4 Å². The molecular formula is C13H14Cl3N3O4. The average molecular weight is 383 g/mol. The van der Waals surface area contributed by atoms with Crippen molar-refractivity contribution in [2.75, 3.05) is 26.3 Å². The number of nitrogens with zero attached hydrogens (tertiary/aromatic N) is 2. The van der Waals surface area contributed by atoms with Crippen molar-refractivity contribution >= 4 is 46.4 Å². The predicted molar refractivity (Wildman–Crippen MR) is 87.0 cm³/mol. The minimum absolute atomic E-state index is 0.104. The number of nitrogens with one attached hydrogen (secondary N) is 1. The number of halogens is 3. The van der Waals surface area contributed by atoms with Gasteiger partial charge in [-0.3, -0.25) is 19.8 Å². The highest BCUT2D eigenvalue weighted by Gasteiger charge is 2.39. The summed E-state index contributed by atoms with van der Waals surface area (Å²) in [5.41, 5.74) is 0.135. The topological polar surface area (TPSA) is 84.7 Å². The molecule has 0 aliphatic carbocycles. The van der Waals surface area contributed by atoms with Gasteiger partial charge in [0.15, 0.2) is 0 Å². The van der Waals surface area contributed by atoms with E-state index in [2.05, 4.69) is 5.32 Å². The third kappa shape index (κ3) is 4.92. The van der Waals surface area contributed by atoms with Gasteiger partial charge in [-0.1, -0.05) is 34.8 Å². The number of carbonyl (C=O) groups excluding carboxylic acids is 1. The van der Waals surface area contributed by atoms with Crippen LogP contribution in [0.3, 0.4) is 0 Å². The highest BCUT2D eigenvalue weighted by atomic mass is 35.6. The first-order valence-corrected chi connectivity index (χ1v) is 7.86. The number of nitro groups is 1. The molecule has 0 radical (unpaired) electrons. The van der Waals surface area contributed by atoms with Gasteiger partial charge in [0, 0.05) is 30.8 Å². The molecule has 23 heavy (non-hydrogen) atoms. The first-order valence-electron chi connectivity index (χ1n) is 6.73. The number of morpholine rings is 1. The average Bonchev–Trinajstić information content (AvgIpc) is 2.52. The van der Waals surface area contributed by atoms with Gasteiger partial charge >= 0.3 is 0 Å². The molecule has 1 atom stereocenters. The molecular weight excluding hydrogens is 369 g/mol. The monoisotopic (exact) mass is 381 g/mol. The third-order valence-electron chi connectivity index (χ3n) is 3.33. The van der Waals surface area contributed by atoms with Crippen molar-refractivity contribution in [3.05, 3.63) is 39.9 Å². The van der Waals surface area contributed by atoms with Gasteiger partial charge in [0.05, 0.1) is 18.1 Å². The molecule has 1 aromatic carbocycles. The second kappa shape index (κ2) is 7.63. The van der Waals surface area contributed by atoms with Crippen LogP contribution in [-0.2, 0) is 4.74 Å². The van der Waals surface area contributed by atoms with Crippen LogP contribution in [0, 0.1) is 10.1 Å². The number of amides is 1. The Bertz CT molecular complexity index is 571. The fourth-order valence-corrected chi connectivity index (χ4v) is 2.74. The molecule has 126 valence electrons. The van der Waals surface area contributed by atoms with Crippen molar-refractivity contribution in [2.24, 2.45) is 0 Å². The molecule has 1 heterocycles. The van der Waals surface area contributed by atoms with Gasteiger partial charge in [-0.05, 0) is 12.1 Å². The first kappa shape index (κ1) is 18.2. The Hall–Kier alpha value is -1.12. The standard InChI is InChI=1S/C13H14Cl3N3O4/c14-13(15,16)12(18-5-7-23-8-6-18)17-11(20)9-1-3-10(4-2-9)19(21)22/h1-4,12H,5-8H2,(H,17,20)/t12-/m0/s1. The number of alkyl halides is 3.